The van der Waals surface area contributed by atoms with Crippen LogP contribution in [-0.4, -0.2) is 22.2 Å². The number of aromatic nitrogens is 2. The van der Waals surface area contributed by atoms with Gasteiger partial charge in [-0.25, -0.2) is 9.97 Å². The van der Waals surface area contributed by atoms with Gasteiger partial charge in [0, 0.05) is 23.6 Å². The minimum absolute atomic E-state index is 0.336. The van der Waals surface area contributed by atoms with Crippen LogP contribution in [0.1, 0.15) is 68.3 Å². The third kappa shape index (κ3) is 2.02. The standard InChI is InChI=1S/C15H21N3O/c16-14-8-12(9-3-1-2-4-9)17-15(18-14)11-7-10-5-6-13(11)19-10/h8-11,13H,1-7H2,(H2,16,17,18). The molecule has 0 amide bonds. The van der Waals surface area contributed by atoms with Crippen LogP contribution in [0.2, 0.25) is 0 Å². The average Bonchev–Trinajstić information content (AvgIpc) is 3.15. The van der Waals surface area contributed by atoms with Gasteiger partial charge in [0.15, 0.2) is 0 Å². The number of nitrogen functional groups attached to an aromatic ring is 1. The van der Waals surface area contributed by atoms with Gasteiger partial charge in [-0.3, -0.25) is 0 Å². The molecule has 2 aliphatic heterocycles. The molecule has 4 heteroatoms. The first-order valence-electron chi connectivity index (χ1n) is 7.59. The molecule has 3 atom stereocenters. The summed E-state index contributed by atoms with van der Waals surface area (Å²) in [5.74, 6) is 2.55. The maximum absolute atomic E-state index is 6.00. The summed E-state index contributed by atoms with van der Waals surface area (Å²) in [7, 11) is 0. The van der Waals surface area contributed by atoms with Crippen molar-refractivity contribution >= 4 is 5.82 Å². The molecule has 4 rings (SSSR count). The van der Waals surface area contributed by atoms with E-state index in [0.717, 1.165) is 18.7 Å². The number of hydrogen-bond donors (Lipinski definition) is 1. The molecule has 1 aliphatic carbocycles. The molecule has 3 aliphatic rings. The van der Waals surface area contributed by atoms with Crippen LogP contribution >= 0.6 is 0 Å². The Balaban J connectivity index is 1.64. The van der Waals surface area contributed by atoms with Crippen LogP contribution in [0.4, 0.5) is 5.82 Å². The number of fused-ring (bicyclic) bond motifs is 2. The van der Waals surface area contributed by atoms with Gasteiger partial charge in [0.1, 0.15) is 11.6 Å². The first-order valence-corrected chi connectivity index (χ1v) is 7.59. The molecule has 1 aromatic rings. The Labute approximate surface area is 113 Å². The van der Waals surface area contributed by atoms with E-state index in [2.05, 4.69) is 4.98 Å². The molecule has 102 valence electrons. The fourth-order valence-electron chi connectivity index (χ4n) is 4.01. The van der Waals surface area contributed by atoms with Gasteiger partial charge < -0.3 is 10.5 Å². The number of nitrogens with two attached hydrogens (primary N) is 1. The molecule has 2 N–H and O–H groups in total. The van der Waals surface area contributed by atoms with Crippen molar-refractivity contribution in [1.29, 1.82) is 0 Å². The second kappa shape index (κ2) is 4.44. The third-order valence-electron chi connectivity index (χ3n) is 4.99. The van der Waals surface area contributed by atoms with Crippen molar-refractivity contribution in [3.8, 4) is 0 Å². The van der Waals surface area contributed by atoms with Crippen LogP contribution in [0.3, 0.4) is 0 Å². The van der Waals surface area contributed by atoms with E-state index in [9.17, 15) is 0 Å². The van der Waals surface area contributed by atoms with Gasteiger partial charge in [0.05, 0.1) is 12.2 Å². The van der Waals surface area contributed by atoms with Crippen molar-refractivity contribution in [2.75, 3.05) is 5.73 Å². The third-order valence-corrected chi connectivity index (χ3v) is 4.99. The molecular weight excluding hydrogens is 238 g/mol. The Morgan fingerprint density at radius 2 is 1.95 bits per heavy atom. The van der Waals surface area contributed by atoms with Gasteiger partial charge >= 0.3 is 0 Å². The largest absolute Gasteiger partial charge is 0.384 e. The van der Waals surface area contributed by atoms with Crippen LogP contribution in [0.5, 0.6) is 0 Å². The van der Waals surface area contributed by atoms with Crippen molar-refractivity contribution in [3.05, 3.63) is 17.6 Å². The molecule has 4 nitrogen and oxygen atoms in total. The number of hydrogen-bond acceptors (Lipinski definition) is 4. The summed E-state index contributed by atoms with van der Waals surface area (Å²) in [6, 6.07) is 1.98. The maximum atomic E-state index is 6.00. The van der Waals surface area contributed by atoms with Crippen LogP contribution in [0.25, 0.3) is 0 Å². The van der Waals surface area contributed by atoms with Crippen molar-refractivity contribution < 1.29 is 4.74 Å². The molecule has 0 aromatic carbocycles. The van der Waals surface area contributed by atoms with Crippen LogP contribution in [0, 0.1) is 0 Å². The molecular formula is C15H21N3O. The van der Waals surface area contributed by atoms with E-state index < -0.39 is 0 Å². The van der Waals surface area contributed by atoms with E-state index in [1.807, 2.05) is 6.07 Å². The summed E-state index contributed by atoms with van der Waals surface area (Å²) in [5, 5.41) is 0. The quantitative estimate of drug-likeness (QED) is 0.887. The monoisotopic (exact) mass is 259 g/mol. The summed E-state index contributed by atoms with van der Waals surface area (Å²) >= 11 is 0. The molecule has 3 fully saturated rings. The van der Waals surface area contributed by atoms with E-state index in [4.69, 9.17) is 15.5 Å². The SMILES string of the molecule is Nc1cc(C2CCCC2)nc(C2CC3CCC2O3)n1. The Morgan fingerprint density at radius 3 is 2.63 bits per heavy atom. The highest BCUT2D eigenvalue weighted by atomic mass is 16.5. The van der Waals surface area contributed by atoms with Crippen molar-refractivity contribution in [1.82, 2.24) is 9.97 Å². The Morgan fingerprint density at radius 1 is 1.11 bits per heavy atom. The summed E-state index contributed by atoms with van der Waals surface area (Å²) in [6.45, 7) is 0. The molecule has 3 unspecified atom stereocenters. The van der Waals surface area contributed by atoms with Crippen LogP contribution in [0.15, 0.2) is 6.07 Å². The Hall–Kier alpha value is -1.16. The maximum Gasteiger partial charge on any atom is 0.136 e. The second-order valence-corrected chi connectivity index (χ2v) is 6.27. The molecule has 0 radical (unpaired) electrons. The molecule has 0 spiro atoms. The molecule has 3 heterocycles. The first kappa shape index (κ1) is 11.6. The zero-order chi connectivity index (χ0) is 12.8. The van der Waals surface area contributed by atoms with Gasteiger partial charge in [-0.2, -0.15) is 0 Å². The zero-order valence-electron chi connectivity index (χ0n) is 11.2. The van der Waals surface area contributed by atoms with Gasteiger partial charge in [-0.15, -0.1) is 0 Å². The van der Waals surface area contributed by atoms with E-state index >= 15 is 0 Å². The zero-order valence-corrected chi connectivity index (χ0v) is 11.2. The van der Waals surface area contributed by atoms with Crippen LogP contribution < -0.4 is 5.73 Å². The van der Waals surface area contributed by atoms with E-state index in [0.29, 0.717) is 29.9 Å². The summed E-state index contributed by atoms with van der Waals surface area (Å²) in [6.07, 6.45) is 9.37. The van der Waals surface area contributed by atoms with Crippen molar-refractivity contribution in [2.24, 2.45) is 0 Å². The summed E-state index contributed by atoms with van der Waals surface area (Å²) in [5.41, 5.74) is 7.17. The van der Waals surface area contributed by atoms with E-state index in [-0.39, 0.29) is 0 Å². The highest BCUT2D eigenvalue weighted by Gasteiger charge is 2.43. The number of ether oxygens (including phenoxy) is 1. The first-order chi connectivity index (χ1) is 9.29. The second-order valence-electron chi connectivity index (χ2n) is 6.27. The lowest BCUT2D eigenvalue weighted by molar-refractivity contribution is 0.0998. The number of nitrogens with zero attached hydrogens (tertiary/aromatic N) is 2. The fraction of sp³-hybridized carbons (Fsp3) is 0.733. The number of anilines is 1. The molecule has 1 aromatic heterocycles. The van der Waals surface area contributed by atoms with Crippen molar-refractivity contribution in [3.63, 3.8) is 0 Å². The topological polar surface area (TPSA) is 61.0 Å². The van der Waals surface area contributed by atoms with Crippen LogP contribution in [-0.2, 0) is 4.74 Å². The van der Waals surface area contributed by atoms with E-state index in [1.165, 1.54) is 37.8 Å². The summed E-state index contributed by atoms with van der Waals surface area (Å²) < 4.78 is 5.92. The van der Waals surface area contributed by atoms with Gasteiger partial charge in [0.2, 0.25) is 0 Å². The number of rotatable bonds is 2. The summed E-state index contributed by atoms with van der Waals surface area (Å²) in [4.78, 5) is 9.34. The highest BCUT2D eigenvalue weighted by Crippen LogP contribution is 2.44. The molecule has 2 saturated heterocycles. The smallest absolute Gasteiger partial charge is 0.136 e. The van der Waals surface area contributed by atoms with E-state index in [1.54, 1.807) is 0 Å². The van der Waals surface area contributed by atoms with Gasteiger partial charge in [0.25, 0.3) is 0 Å². The minimum Gasteiger partial charge on any atom is -0.384 e. The lowest BCUT2D eigenvalue weighted by Crippen LogP contribution is -2.18. The molecule has 19 heavy (non-hydrogen) atoms. The minimum atomic E-state index is 0.336. The lowest BCUT2D eigenvalue weighted by Gasteiger charge is -2.19. The molecule has 2 bridgehead atoms. The predicted molar refractivity (Wildman–Crippen MR) is 72.9 cm³/mol. The Kier molecular flexibility index (Phi) is 2.72. The Bertz CT molecular complexity index is 484. The fourth-order valence-corrected chi connectivity index (χ4v) is 4.01. The lowest BCUT2D eigenvalue weighted by atomic mass is 9.88. The van der Waals surface area contributed by atoms with Gasteiger partial charge in [-0.05, 0) is 32.1 Å². The average molecular weight is 259 g/mol. The highest BCUT2D eigenvalue weighted by molar-refractivity contribution is 5.33. The predicted octanol–water partition coefficient (Wildman–Crippen LogP) is 2.75. The normalized spacial score (nSPS) is 34.2. The molecule has 1 saturated carbocycles. The van der Waals surface area contributed by atoms with Gasteiger partial charge in [-0.1, -0.05) is 12.8 Å². The van der Waals surface area contributed by atoms with Crippen molar-refractivity contribution in [2.45, 2.75) is 69.0 Å².